The van der Waals surface area contributed by atoms with Crippen LogP contribution in [-0.2, 0) is 6.61 Å². The van der Waals surface area contributed by atoms with Gasteiger partial charge in [0, 0.05) is 0 Å². The van der Waals surface area contributed by atoms with Gasteiger partial charge >= 0.3 is 0 Å². The molecule has 0 aliphatic carbocycles. The zero-order chi connectivity index (χ0) is 14.3. The van der Waals surface area contributed by atoms with Crippen molar-refractivity contribution in [1.82, 2.24) is 0 Å². The Morgan fingerprint density at radius 2 is 1.68 bits per heavy atom. The van der Waals surface area contributed by atoms with Gasteiger partial charge in [0.05, 0.1) is 18.2 Å². The third-order valence-corrected chi connectivity index (χ3v) is 2.84. The highest BCUT2D eigenvalue weighted by Gasteiger charge is 1.94. The van der Waals surface area contributed by atoms with Gasteiger partial charge in [0.25, 0.3) is 0 Å². The number of phenolic OH excluding ortho intramolecular Hbond substituents is 1. The summed E-state index contributed by atoms with van der Waals surface area (Å²) in [5.74, 6) is 0.384. The van der Waals surface area contributed by atoms with Gasteiger partial charge in [-0.3, -0.25) is 0 Å². The van der Waals surface area contributed by atoms with Crippen molar-refractivity contribution in [1.29, 1.82) is 5.26 Å². The van der Waals surface area contributed by atoms with Crippen LogP contribution in [0.2, 0.25) is 0 Å². The summed E-state index contributed by atoms with van der Waals surface area (Å²) in [5.41, 5.74) is 3.56. The van der Waals surface area contributed by atoms with Crippen LogP contribution in [0.4, 0.5) is 0 Å². The molecule has 2 aromatic carbocycles. The Balaban J connectivity index is 0.000000191. The number of nitriles is 1. The first kappa shape index (κ1) is 14.7. The first-order chi connectivity index (χ1) is 9.08. The predicted molar refractivity (Wildman–Crippen MR) is 74.7 cm³/mol. The minimum absolute atomic E-state index is 0.0334. The number of nitrogens with zero attached hydrogens (tertiary/aromatic N) is 1. The van der Waals surface area contributed by atoms with Crippen LogP contribution in [-0.4, -0.2) is 10.2 Å². The Morgan fingerprint density at radius 1 is 1.05 bits per heavy atom. The molecule has 0 radical (unpaired) electrons. The number of rotatable bonds is 1. The molecule has 3 heteroatoms. The fourth-order valence-corrected chi connectivity index (χ4v) is 1.42. The van der Waals surface area contributed by atoms with Gasteiger partial charge in [-0.15, -0.1) is 0 Å². The van der Waals surface area contributed by atoms with E-state index in [-0.39, 0.29) is 6.61 Å². The summed E-state index contributed by atoms with van der Waals surface area (Å²) in [6, 6.07) is 14.4. The zero-order valence-corrected chi connectivity index (χ0v) is 11.1. The summed E-state index contributed by atoms with van der Waals surface area (Å²) in [5, 5.41) is 26.1. The zero-order valence-electron chi connectivity index (χ0n) is 11.1. The van der Waals surface area contributed by atoms with Crippen molar-refractivity contribution < 1.29 is 10.2 Å². The van der Waals surface area contributed by atoms with Crippen LogP contribution in [0.15, 0.2) is 42.5 Å². The summed E-state index contributed by atoms with van der Waals surface area (Å²) in [6.45, 7) is 3.92. The van der Waals surface area contributed by atoms with Crippen LogP contribution < -0.4 is 0 Å². The van der Waals surface area contributed by atoms with Crippen LogP contribution in [0.5, 0.6) is 5.75 Å². The third-order valence-electron chi connectivity index (χ3n) is 2.84. The van der Waals surface area contributed by atoms with Crippen molar-refractivity contribution in [2.45, 2.75) is 20.5 Å². The lowest BCUT2D eigenvalue weighted by Gasteiger charge is -1.99. The molecule has 0 aliphatic heterocycles. The van der Waals surface area contributed by atoms with Gasteiger partial charge in [-0.2, -0.15) is 5.26 Å². The molecule has 2 rings (SSSR count). The summed E-state index contributed by atoms with van der Waals surface area (Å²) >= 11 is 0. The second-order valence-electron chi connectivity index (χ2n) is 4.19. The molecule has 0 saturated heterocycles. The quantitative estimate of drug-likeness (QED) is 0.823. The molecule has 0 fully saturated rings. The lowest BCUT2D eigenvalue weighted by atomic mass is 10.1. The number of benzene rings is 2. The first-order valence-corrected chi connectivity index (χ1v) is 5.93. The number of aryl methyl sites for hydroxylation is 1. The molecule has 0 unspecified atom stereocenters. The summed E-state index contributed by atoms with van der Waals surface area (Å²) in [4.78, 5) is 0. The molecule has 98 valence electrons. The standard InChI is InChI=1S/C8H7NO.C8H10O/c9-5-7-1-3-8(6-10)4-2-7;1-6-4-3-5-8(9)7(6)2/h1-4,10H,6H2;3-5,9H,1-2H3. The Hall–Kier alpha value is -2.31. The molecule has 0 aromatic heterocycles. The minimum Gasteiger partial charge on any atom is -0.508 e. The van der Waals surface area contributed by atoms with E-state index in [1.54, 1.807) is 30.3 Å². The molecular weight excluding hydrogens is 238 g/mol. The summed E-state index contributed by atoms with van der Waals surface area (Å²) < 4.78 is 0. The van der Waals surface area contributed by atoms with Gasteiger partial charge in [-0.1, -0.05) is 24.3 Å². The number of hydrogen-bond donors (Lipinski definition) is 2. The molecule has 19 heavy (non-hydrogen) atoms. The molecule has 0 spiro atoms. The maximum atomic E-state index is 9.10. The van der Waals surface area contributed by atoms with E-state index in [1.807, 2.05) is 32.0 Å². The number of phenols is 1. The van der Waals surface area contributed by atoms with Gasteiger partial charge in [0.1, 0.15) is 5.75 Å². The van der Waals surface area contributed by atoms with Crippen LogP contribution >= 0.6 is 0 Å². The van der Waals surface area contributed by atoms with Crippen molar-refractivity contribution in [2.75, 3.05) is 0 Å². The van der Waals surface area contributed by atoms with Crippen LogP contribution in [0.25, 0.3) is 0 Å². The van der Waals surface area contributed by atoms with E-state index < -0.39 is 0 Å². The van der Waals surface area contributed by atoms with E-state index in [1.165, 1.54) is 0 Å². The topological polar surface area (TPSA) is 64.2 Å². The highest BCUT2D eigenvalue weighted by atomic mass is 16.3. The highest BCUT2D eigenvalue weighted by Crippen LogP contribution is 2.17. The molecule has 0 bridgehead atoms. The predicted octanol–water partition coefficient (Wildman–Crippen LogP) is 3.06. The smallest absolute Gasteiger partial charge is 0.118 e. The molecule has 2 N–H and O–H groups in total. The molecule has 2 aromatic rings. The second kappa shape index (κ2) is 7.20. The van der Waals surface area contributed by atoms with Crippen LogP contribution in [0, 0.1) is 25.2 Å². The van der Waals surface area contributed by atoms with E-state index in [2.05, 4.69) is 0 Å². The molecule has 3 nitrogen and oxygen atoms in total. The fraction of sp³-hybridized carbons (Fsp3) is 0.188. The van der Waals surface area contributed by atoms with E-state index in [0.29, 0.717) is 11.3 Å². The van der Waals surface area contributed by atoms with Crippen molar-refractivity contribution in [2.24, 2.45) is 0 Å². The molecule has 0 atom stereocenters. The van der Waals surface area contributed by atoms with E-state index in [4.69, 9.17) is 15.5 Å². The van der Waals surface area contributed by atoms with Gasteiger partial charge < -0.3 is 10.2 Å². The first-order valence-electron chi connectivity index (χ1n) is 5.93. The van der Waals surface area contributed by atoms with Crippen molar-refractivity contribution in [3.8, 4) is 11.8 Å². The van der Waals surface area contributed by atoms with Crippen molar-refractivity contribution in [3.63, 3.8) is 0 Å². The molecular formula is C16H17NO2. The molecule has 0 amide bonds. The maximum Gasteiger partial charge on any atom is 0.118 e. The van der Waals surface area contributed by atoms with Crippen molar-refractivity contribution >= 4 is 0 Å². The van der Waals surface area contributed by atoms with Crippen LogP contribution in [0.3, 0.4) is 0 Å². The van der Waals surface area contributed by atoms with E-state index >= 15 is 0 Å². The molecule has 0 heterocycles. The number of aliphatic hydroxyl groups excluding tert-OH is 1. The number of hydrogen-bond acceptors (Lipinski definition) is 3. The van der Waals surface area contributed by atoms with Gasteiger partial charge in [-0.25, -0.2) is 0 Å². The number of aromatic hydroxyl groups is 1. The maximum absolute atomic E-state index is 9.10. The van der Waals surface area contributed by atoms with Gasteiger partial charge in [0.15, 0.2) is 0 Å². The Labute approximate surface area is 113 Å². The largest absolute Gasteiger partial charge is 0.508 e. The lowest BCUT2D eigenvalue weighted by molar-refractivity contribution is 0.282. The summed E-state index contributed by atoms with van der Waals surface area (Å²) in [6.07, 6.45) is 0. The van der Waals surface area contributed by atoms with Crippen LogP contribution in [0.1, 0.15) is 22.3 Å². The lowest BCUT2D eigenvalue weighted by Crippen LogP contribution is -1.81. The van der Waals surface area contributed by atoms with Crippen molar-refractivity contribution in [3.05, 3.63) is 64.7 Å². The average Bonchev–Trinajstić information content (AvgIpc) is 2.45. The monoisotopic (exact) mass is 255 g/mol. The van der Waals surface area contributed by atoms with E-state index in [9.17, 15) is 0 Å². The van der Waals surface area contributed by atoms with Gasteiger partial charge in [0.2, 0.25) is 0 Å². The van der Waals surface area contributed by atoms with E-state index in [0.717, 1.165) is 16.7 Å². The Bertz CT molecular complexity index is 548. The number of aliphatic hydroxyl groups is 1. The average molecular weight is 255 g/mol. The molecule has 0 saturated carbocycles. The minimum atomic E-state index is 0.0334. The third kappa shape index (κ3) is 4.46. The summed E-state index contributed by atoms with van der Waals surface area (Å²) in [7, 11) is 0. The Kier molecular flexibility index (Phi) is 5.59. The normalized spacial score (nSPS) is 9.16. The molecule has 0 aliphatic rings. The Morgan fingerprint density at radius 3 is 2.11 bits per heavy atom. The van der Waals surface area contributed by atoms with Gasteiger partial charge in [-0.05, 0) is 48.7 Å². The fourth-order valence-electron chi connectivity index (χ4n) is 1.42. The highest BCUT2D eigenvalue weighted by molar-refractivity contribution is 5.36. The second-order valence-corrected chi connectivity index (χ2v) is 4.19. The SMILES string of the molecule is Cc1cccc(O)c1C.N#Cc1ccc(CO)cc1.